The zero-order valence-corrected chi connectivity index (χ0v) is 20.3. The molecule has 2 atom stereocenters. The number of fused-ring (bicyclic) bond motifs is 2. The van der Waals surface area contributed by atoms with E-state index in [1.165, 1.54) is 21.9 Å². The van der Waals surface area contributed by atoms with Gasteiger partial charge < -0.3 is 14.5 Å². The lowest BCUT2D eigenvalue weighted by Crippen LogP contribution is -2.56. The molecule has 35 heavy (non-hydrogen) atoms. The maximum absolute atomic E-state index is 13.9. The van der Waals surface area contributed by atoms with Gasteiger partial charge in [0.25, 0.3) is 23.6 Å². The molecule has 0 N–H and O–H groups in total. The Hall–Kier alpha value is -3.73. The second-order valence-corrected chi connectivity index (χ2v) is 11.0. The van der Waals surface area contributed by atoms with E-state index in [0.717, 1.165) is 11.2 Å². The van der Waals surface area contributed by atoms with Gasteiger partial charge in [-0.1, -0.05) is 24.3 Å². The van der Waals surface area contributed by atoms with Crippen LogP contribution in [0.5, 0.6) is 5.75 Å². The molecule has 4 amide bonds. The molecule has 4 rings (SSSR count). The Morgan fingerprint density at radius 1 is 1.03 bits per heavy atom. The van der Waals surface area contributed by atoms with E-state index < -0.39 is 45.5 Å². The first kappa shape index (κ1) is 24.4. The molecule has 0 saturated carbocycles. The Morgan fingerprint density at radius 2 is 1.60 bits per heavy atom. The lowest BCUT2D eigenvalue weighted by molar-refractivity contribution is -0.136. The van der Waals surface area contributed by atoms with Crippen LogP contribution in [0.2, 0.25) is 0 Å². The second-order valence-electron chi connectivity index (χ2n) is 8.72. The van der Waals surface area contributed by atoms with E-state index in [2.05, 4.69) is 0 Å². The number of para-hydroxylation sites is 2. The summed E-state index contributed by atoms with van der Waals surface area (Å²) in [6.45, 7) is -0.161. The Labute approximate surface area is 203 Å². The van der Waals surface area contributed by atoms with E-state index in [1.807, 2.05) is 0 Å². The second kappa shape index (κ2) is 9.14. The predicted octanol–water partition coefficient (Wildman–Crippen LogP) is 0.968. The summed E-state index contributed by atoms with van der Waals surface area (Å²) in [5, 5.41) is 0. The Morgan fingerprint density at radius 3 is 2.17 bits per heavy atom. The van der Waals surface area contributed by atoms with Gasteiger partial charge in [-0.25, -0.2) is 8.42 Å². The van der Waals surface area contributed by atoms with Gasteiger partial charge in [-0.15, -0.1) is 0 Å². The first-order chi connectivity index (χ1) is 16.5. The van der Waals surface area contributed by atoms with Crippen LogP contribution < -0.4 is 9.64 Å². The molecule has 0 bridgehead atoms. The molecule has 2 aliphatic rings. The quantitative estimate of drug-likeness (QED) is 0.543. The van der Waals surface area contributed by atoms with Gasteiger partial charge in [0, 0.05) is 20.4 Å². The standard InChI is InChI=1S/C24H25N3O7S/c1-25(2)24(31)20-14-26(17-10-6-7-11-19(17)34-20)23(30)18(12-13-35(3,32)33)27-21(28)15-8-4-5-9-16(15)22(27)29/h4-11,18,20H,12-14H2,1-3H3/t18-,20-/m1/s1. The van der Waals surface area contributed by atoms with E-state index in [1.54, 1.807) is 50.5 Å². The molecule has 2 aromatic rings. The van der Waals surface area contributed by atoms with Crippen LogP contribution in [-0.2, 0) is 19.4 Å². The number of sulfone groups is 1. The van der Waals surface area contributed by atoms with Crippen LogP contribution in [0, 0.1) is 0 Å². The summed E-state index contributed by atoms with van der Waals surface area (Å²) < 4.78 is 29.7. The van der Waals surface area contributed by atoms with Crippen LogP contribution in [0.3, 0.4) is 0 Å². The Bertz CT molecular complexity index is 1290. The van der Waals surface area contributed by atoms with E-state index in [9.17, 15) is 27.6 Å². The molecule has 0 unspecified atom stereocenters. The minimum Gasteiger partial charge on any atom is -0.476 e. The van der Waals surface area contributed by atoms with Crippen molar-refractivity contribution in [2.45, 2.75) is 18.6 Å². The summed E-state index contributed by atoms with van der Waals surface area (Å²) in [5.41, 5.74) is 0.664. The van der Waals surface area contributed by atoms with E-state index in [-0.39, 0.29) is 35.7 Å². The molecule has 2 aliphatic heterocycles. The van der Waals surface area contributed by atoms with Crippen LogP contribution in [0.1, 0.15) is 27.1 Å². The molecule has 0 spiro atoms. The van der Waals surface area contributed by atoms with Crippen LogP contribution in [0.25, 0.3) is 0 Å². The number of likely N-dealkylation sites (N-methyl/N-ethyl adjacent to an activating group) is 1. The van der Waals surface area contributed by atoms with Crippen molar-refractivity contribution in [1.29, 1.82) is 0 Å². The predicted molar refractivity (Wildman–Crippen MR) is 127 cm³/mol. The fourth-order valence-corrected chi connectivity index (χ4v) is 4.87. The zero-order valence-electron chi connectivity index (χ0n) is 19.5. The van der Waals surface area contributed by atoms with Gasteiger partial charge >= 0.3 is 0 Å². The van der Waals surface area contributed by atoms with Crippen LogP contribution in [-0.4, -0.2) is 86.6 Å². The summed E-state index contributed by atoms with van der Waals surface area (Å²) in [5.74, 6) is -2.50. The summed E-state index contributed by atoms with van der Waals surface area (Å²) in [6, 6.07) is 11.4. The smallest absolute Gasteiger partial charge is 0.265 e. The van der Waals surface area contributed by atoms with Crippen molar-refractivity contribution < 1.29 is 32.3 Å². The molecule has 0 fully saturated rings. The Kier molecular flexibility index (Phi) is 6.37. The highest BCUT2D eigenvalue weighted by Gasteiger charge is 2.46. The number of anilines is 1. The lowest BCUT2D eigenvalue weighted by atomic mass is 10.1. The summed E-state index contributed by atoms with van der Waals surface area (Å²) in [4.78, 5) is 56.4. The molecular formula is C24H25N3O7S. The number of hydrogen-bond acceptors (Lipinski definition) is 7. The molecule has 0 radical (unpaired) electrons. The molecule has 2 aromatic carbocycles. The molecule has 10 nitrogen and oxygen atoms in total. The van der Waals surface area contributed by atoms with Gasteiger partial charge in [0.1, 0.15) is 21.6 Å². The topological polar surface area (TPSA) is 121 Å². The summed E-state index contributed by atoms with van der Waals surface area (Å²) in [7, 11) is -0.394. The Balaban J connectivity index is 1.75. The number of amides is 4. The highest BCUT2D eigenvalue weighted by Crippen LogP contribution is 2.35. The van der Waals surface area contributed by atoms with Crippen molar-refractivity contribution in [3.8, 4) is 5.75 Å². The third-order valence-electron chi connectivity index (χ3n) is 5.94. The van der Waals surface area contributed by atoms with E-state index in [0.29, 0.717) is 5.69 Å². The van der Waals surface area contributed by atoms with Gasteiger partial charge in [0.2, 0.25) is 0 Å². The number of benzene rings is 2. The number of carbonyl (C=O) groups is 4. The fraction of sp³-hybridized carbons (Fsp3) is 0.333. The first-order valence-electron chi connectivity index (χ1n) is 10.9. The largest absolute Gasteiger partial charge is 0.476 e. The lowest BCUT2D eigenvalue weighted by Gasteiger charge is -2.38. The third kappa shape index (κ3) is 4.63. The van der Waals surface area contributed by atoms with Gasteiger partial charge in [0.15, 0.2) is 6.10 Å². The normalized spacial score (nSPS) is 18.0. The average Bonchev–Trinajstić information content (AvgIpc) is 3.07. The molecular weight excluding hydrogens is 474 g/mol. The SMILES string of the molecule is CN(C)C(=O)[C@H]1CN(C(=O)[C@@H](CCS(C)(=O)=O)N2C(=O)c3ccccc3C2=O)c2ccccc2O1. The minimum absolute atomic E-state index is 0.151. The first-order valence-corrected chi connectivity index (χ1v) is 13.0. The monoisotopic (exact) mass is 499 g/mol. The van der Waals surface area contributed by atoms with Crippen molar-refractivity contribution >= 4 is 39.2 Å². The molecule has 0 aliphatic carbocycles. The van der Waals surface area contributed by atoms with Crippen LogP contribution in [0.4, 0.5) is 5.69 Å². The van der Waals surface area contributed by atoms with E-state index >= 15 is 0 Å². The van der Waals surface area contributed by atoms with Crippen molar-refractivity contribution in [2.24, 2.45) is 0 Å². The van der Waals surface area contributed by atoms with E-state index in [4.69, 9.17) is 4.74 Å². The molecule has 11 heteroatoms. The minimum atomic E-state index is -3.52. The highest BCUT2D eigenvalue weighted by atomic mass is 32.2. The zero-order chi connectivity index (χ0) is 25.5. The van der Waals surface area contributed by atoms with Gasteiger partial charge in [0.05, 0.1) is 29.1 Å². The van der Waals surface area contributed by atoms with Crippen molar-refractivity contribution in [2.75, 3.05) is 37.5 Å². The fourth-order valence-electron chi connectivity index (χ4n) is 4.22. The number of rotatable bonds is 6. The number of hydrogen-bond donors (Lipinski definition) is 0. The summed E-state index contributed by atoms with van der Waals surface area (Å²) >= 11 is 0. The number of nitrogens with zero attached hydrogens (tertiary/aromatic N) is 3. The number of carbonyl (C=O) groups excluding carboxylic acids is 4. The third-order valence-corrected chi connectivity index (χ3v) is 6.92. The average molecular weight is 500 g/mol. The van der Waals surface area contributed by atoms with Crippen molar-refractivity contribution in [3.63, 3.8) is 0 Å². The van der Waals surface area contributed by atoms with Crippen molar-refractivity contribution in [3.05, 3.63) is 59.7 Å². The van der Waals surface area contributed by atoms with Crippen LogP contribution >= 0.6 is 0 Å². The number of imide groups is 1. The molecule has 0 saturated heterocycles. The molecule has 0 aromatic heterocycles. The van der Waals surface area contributed by atoms with Gasteiger partial charge in [-0.3, -0.25) is 24.1 Å². The molecule has 184 valence electrons. The maximum Gasteiger partial charge on any atom is 0.265 e. The number of ether oxygens (including phenoxy) is 1. The summed E-state index contributed by atoms with van der Waals surface area (Å²) in [6.07, 6.45) is -0.275. The van der Waals surface area contributed by atoms with Crippen molar-refractivity contribution in [1.82, 2.24) is 9.80 Å². The highest BCUT2D eigenvalue weighted by molar-refractivity contribution is 7.90. The van der Waals surface area contributed by atoms with Gasteiger partial charge in [-0.05, 0) is 30.7 Å². The molecule has 2 heterocycles. The maximum atomic E-state index is 13.9. The van der Waals surface area contributed by atoms with Crippen LogP contribution in [0.15, 0.2) is 48.5 Å². The van der Waals surface area contributed by atoms with Gasteiger partial charge in [-0.2, -0.15) is 0 Å².